The van der Waals surface area contributed by atoms with Crippen LogP contribution in [0.25, 0.3) is 0 Å². The van der Waals surface area contributed by atoms with Gasteiger partial charge in [-0.2, -0.15) is 0 Å². The van der Waals surface area contributed by atoms with E-state index in [1.165, 1.54) is 0 Å². The molecular weight excluding hydrogens is 260 g/mol. The molecule has 0 saturated heterocycles. The van der Waals surface area contributed by atoms with Gasteiger partial charge in [0.1, 0.15) is 5.75 Å². The number of non-ortho nitro benzene ring substituents is 1. The Kier molecular flexibility index (Phi) is 3.65. The highest BCUT2D eigenvalue weighted by Crippen LogP contribution is 2.24. The minimum absolute atomic E-state index is 0.138. The van der Waals surface area contributed by atoms with E-state index in [4.69, 9.17) is 0 Å². The quantitative estimate of drug-likeness (QED) is 0.663. The molecule has 0 saturated carbocycles. The highest BCUT2D eigenvalue weighted by molar-refractivity contribution is 6.06. The van der Waals surface area contributed by atoms with Crippen LogP contribution < -0.4 is 5.32 Å². The van der Waals surface area contributed by atoms with Gasteiger partial charge in [-0.3, -0.25) is 14.9 Å². The number of hydrogen-bond donors (Lipinski definition) is 2. The van der Waals surface area contributed by atoms with Crippen LogP contribution in [0.2, 0.25) is 0 Å². The fourth-order valence-electron chi connectivity index (χ4n) is 1.74. The van der Waals surface area contributed by atoms with Gasteiger partial charge in [0.05, 0.1) is 10.5 Å². The molecule has 0 fully saturated rings. The van der Waals surface area contributed by atoms with E-state index < -0.39 is 10.8 Å². The number of nitro groups is 1. The first-order valence-electron chi connectivity index (χ1n) is 5.83. The zero-order chi connectivity index (χ0) is 14.7. The third-order valence-electron chi connectivity index (χ3n) is 2.71. The molecular formula is C14H12N2O4. The molecule has 20 heavy (non-hydrogen) atoms. The molecule has 0 heterocycles. The minimum atomic E-state index is -0.622. The van der Waals surface area contributed by atoms with Crippen molar-refractivity contribution in [1.29, 1.82) is 0 Å². The van der Waals surface area contributed by atoms with Crippen molar-refractivity contribution >= 4 is 17.3 Å². The molecule has 6 heteroatoms. The molecule has 0 aromatic heterocycles. The van der Waals surface area contributed by atoms with E-state index in [1.807, 2.05) is 13.0 Å². The maximum Gasteiger partial charge on any atom is 0.270 e. The number of nitrogens with one attached hydrogen (secondary N) is 1. The SMILES string of the molecule is Cc1cccc(NC(=O)c2cc([N+](=O)[O-])ccc2O)c1. The summed E-state index contributed by atoms with van der Waals surface area (Å²) in [6.45, 7) is 1.88. The van der Waals surface area contributed by atoms with Gasteiger partial charge >= 0.3 is 0 Å². The van der Waals surface area contributed by atoms with Crippen LogP contribution in [0.5, 0.6) is 5.75 Å². The largest absolute Gasteiger partial charge is 0.507 e. The number of hydrogen-bond acceptors (Lipinski definition) is 4. The molecule has 2 N–H and O–H groups in total. The lowest BCUT2D eigenvalue weighted by atomic mass is 10.1. The number of benzene rings is 2. The number of carbonyl (C=O) groups excluding carboxylic acids is 1. The van der Waals surface area contributed by atoms with E-state index in [2.05, 4.69) is 5.32 Å². The number of aromatic hydroxyl groups is 1. The Balaban J connectivity index is 2.29. The summed E-state index contributed by atoms with van der Waals surface area (Å²) in [5, 5.41) is 22.9. The van der Waals surface area contributed by atoms with Crippen LogP contribution in [-0.4, -0.2) is 15.9 Å². The predicted molar refractivity (Wildman–Crippen MR) is 73.9 cm³/mol. The summed E-state index contributed by atoms with van der Waals surface area (Å²) in [5.74, 6) is -0.905. The van der Waals surface area contributed by atoms with Crippen LogP contribution in [0.15, 0.2) is 42.5 Å². The van der Waals surface area contributed by atoms with Crippen molar-refractivity contribution in [3.63, 3.8) is 0 Å². The van der Waals surface area contributed by atoms with E-state index >= 15 is 0 Å². The summed E-state index contributed by atoms with van der Waals surface area (Å²) in [6.07, 6.45) is 0. The molecule has 0 bridgehead atoms. The molecule has 0 spiro atoms. The Labute approximate surface area is 114 Å². The smallest absolute Gasteiger partial charge is 0.270 e. The second kappa shape index (κ2) is 5.40. The molecule has 0 radical (unpaired) electrons. The summed E-state index contributed by atoms with van der Waals surface area (Å²) in [7, 11) is 0. The number of anilines is 1. The second-order valence-corrected chi connectivity index (χ2v) is 4.28. The predicted octanol–water partition coefficient (Wildman–Crippen LogP) is 2.86. The van der Waals surface area contributed by atoms with Gasteiger partial charge in [0.2, 0.25) is 0 Å². The Morgan fingerprint density at radius 2 is 2.00 bits per heavy atom. The molecule has 0 aliphatic rings. The lowest BCUT2D eigenvalue weighted by Crippen LogP contribution is -2.12. The Morgan fingerprint density at radius 3 is 2.65 bits per heavy atom. The summed E-state index contributed by atoms with van der Waals surface area (Å²) >= 11 is 0. The standard InChI is InChI=1S/C14H12N2O4/c1-9-3-2-4-10(7-9)15-14(18)12-8-11(16(19)20)5-6-13(12)17/h2-8,17H,1H3,(H,15,18). The molecule has 2 aromatic rings. The lowest BCUT2D eigenvalue weighted by molar-refractivity contribution is -0.384. The van der Waals surface area contributed by atoms with Gasteiger partial charge < -0.3 is 10.4 Å². The number of aryl methyl sites for hydroxylation is 1. The molecule has 1 amide bonds. The Morgan fingerprint density at radius 1 is 1.25 bits per heavy atom. The van der Waals surface area contributed by atoms with Crippen LogP contribution >= 0.6 is 0 Å². The molecule has 0 aliphatic heterocycles. The first-order chi connectivity index (χ1) is 9.47. The fourth-order valence-corrected chi connectivity index (χ4v) is 1.74. The van der Waals surface area contributed by atoms with E-state index in [0.717, 1.165) is 23.8 Å². The van der Waals surface area contributed by atoms with Crippen LogP contribution in [0.4, 0.5) is 11.4 Å². The summed E-state index contributed by atoms with van der Waals surface area (Å²) in [6, 6.07) is 10.4. The lowest BCUT2D eigenvalue weighted by Gasteiger charge is -2.07. The first-order valence-corrected chi connectivity index (χ1v) is 5.83. The Hall–Kier alpha value is -2.89. The van der Waals surface area contributed by atoms with E-state index in [-0.39, 0.29) is 17.0 Å². The van der Waals surface area contributed by atoms with Crippen LogP contribution in [0.1, 0.15) is 15.9 Å². The zero-order valence-corrected chi connectivity index (χ0v) is 10.7. The third-order valence-corrected chi connectivity index (χ3v) is 2.71. The van der Waals surface area contributed by atoms with Crippen molar-refractivity contribution in [2.45, 2.75) is 6.92 Å². The summed E-state index contributed by atoms with van der Waals surface area (Å²) < 4.78 is 0. The maximum atomic E-state index is 12.0. The number of nitro benzene ring substituents is 1. The average Bonchev–Trinajstić information content (AvgIpc) is 2.38. The van der Waals surface area contributed by atoms with Crippen molar-refractivity contribution in [3.05, 3.63) is 63.7 Å². The number of phenolic OH excluding ortho intramolecular Hbond substituents is 1. The highest BCUT2D eigenvalue weighted by atomic mass is 16.6. The van der Waals surface area contributed by atoms with Gasteiger partial charge in [0.15, 0.2) is 0 Å². The van der Waals surface area contributed by atoms with Crippen molar-refractivity contribution in [1.82, 2.24) is 0 Å². The van der Waals surface area contributed by atoms with E-state index in [0.29, 0.717) is 5.69 Å². The van der Waals surface area contributed by atoms with Crippen molar-refractivity contribution in [3.8, 4) is 5.75 Å². The van der Waals surface area contributed by atoms with Gasteiger partial charge in [-0.05, 0) is 30.7 Å². The highest BCUT2D eigenvalue weighted by Gasteiger charge is 2.16. The minimum Gasteiger partial charge on any atom is -0.507 e. The number of phenols is 1. The topological polar surface area (TPSA) is 92.5 Å². The number of amides is 1. The van der Waals surface area contributed by atoms with Gasteiger partial charge in [-0.1, -0.05) is 12.1 Å². The third kappa shape index (κ3) is 2.92. The molecule has 0 atom stereocenters. The number of nitrogens with zero attached hydrogens (tertiary/aromatic N) is 1. The van der Waals surface area contributed by atoms with E-state index in [1.54, 1.807) is 18.2 Å². The normalized spacial score (nSPS) is 10.1. The zero-order valence-electron chi connectivity index (χ0n) is 10.7. The van der Waals surface area contributed by atoms with Gasteiger partial charge in [0.25, 0.3) is 11.6 Å². The van der Waals surface area contributed by atoms with Crippen LogP contribution in [0.3, 0.4) is 0 Å². The van der Waals surface area contributed by atoms with Gasteiger partial charge in [0, 0.05) is 17.8 Å². The monoisotopic (exact) mass is 272 g/mol. The van der Waals surface area contributed by atoms with Crippen molar-refractivity contribution in [2.24, 2.45) is 0 Å². The summed E-state index contributed by atoms with van der Waals surface area (Å²) in [5.41, 5.74) is 1.13. The van der Waals surface area contributed by atoms with Crippen molar-refractivity contribution < 1.29 is 14.8 Å². The van der Waals surface area contributed by atoms with Crippen molar-refractivity contribution in [2.75, 3.05) is 5.32 Å². The molecule has 6 nitrogen and oxygen atoms in total. The maximum absolute atomic E-state index is 12.0. The van der Waals surface area contributed by atoms with Crippen LogP contribution in [-0.2, 0) is 0 Å². The number of carbonyl (C=O) groups is 1. The van der Waals surface area contributed by atoms with Crippen LogP contribution in [0, 0.1) is 17.0 Å². The molecule has 2 rings (SSSR count). The van der Waals surface area contributed by atoms with Gasteiger partial charge in [-0.15, -0.1) is 0 Å². The fraction of sp³-hybridized carbons (Fsp3) is 0.0714. The van der Waals surface area contributed by atoms with E-state index in [9.17, 15) is 20.0 Å². The first kappa shape index (κ1) is 13.5. The molecule has 0 aliphatic carbocycles. The Bertz CT molecular complexity index is 683. The number of rotatable bonds is 3. The second-order valence-electron chi connectivity index (χ2n) is 4.28. The molecule has 102 valence electrons. The van der Waals surface area contributed by atoms with Gasteiger partial charge in [-0.25, -0.2) is 0 Å². The molecule has 2 aromatic carbocycles. The average molecular weight is 272 g/mol. The molecule has 0 unspecified atom stereocenters. The summed E-state index contributed by atoms with van der Waals surface area (Å²) in [4.78, 5) is 22.1.